The molecule has 0 fully saturated rings. The summed E-state index contributed by atoms with van der Waals surface area (Å²) >= 11 is 1.54. The minimum absolute atomic E-state index is 0.0898. The van der Waals surface area contributed by atoms with Gasteiger partial charge in [0.05, 0.1) is 17.2 Å². The monoisotopic (exact) mass is 246 g/mol. The molecular weight excluding hydrogens is 236 g/mol. The van der Waals surface area contributed by atoms with Crippen LogP contribution in [0.4, 0.5) is 0 Å². The van der Waals surface area contributed by atoms with Gasteiger partial charge in [0, 0.05) is 4.88 Å². The van der Waals surface area contributed by atoms with Crippen molar-refractivity contribution < 1.29 is 4.42 Å². The van der Waals surface area contributed by atoms with Crippen LogP contribution in [0.25, 0.3) is 21.6 Å². The zero-order chi connectivity index (χ0) is 12.0. The van der Waals surface area contributed by atoms with Crippen LogP contribution < -0.4 is 5.56 Å². The number of H-pyrrole nitrogens is 1. The summed E-state index contributed by atoms with van der Waals surface area (Å²) in [5, 5.41) is 0.694. The van der Waals surface area contributed by atoms with E-state index in [4.69, 9.17) is 4.42 Å². The molecule has 0 saturated carbocycles. The molecule has 3 aromatic heterocycles. The van der Waals surface area contributed by atoms with Crippen molar-refractivity contribution in [2.45, 2.75) is 13.8 Å². The smallest absolute Gasteiger partial charge is 0.260 e. The summed E-state index contributed by atoms with van der Waals surface area (Å²) in [6.07, 6.45) is 3.13. The van der Waals surface area contributed by atoms with Crippen LogP contribution in [0.2, 0.25) is 0 Å². The van der Waals surface area contributed by atoms with Crippen LogP contribution in [-0.2, 0) is 0 Å². The number of hydrogen-bond donors (Lipinski definition) is 1. The number of aryl methyl sites for hydroxylation is 2. The Morgan fingerprint density at radius 1 is 1.41 bits per heavy atom. The van der Waals surface area contributed by atoms with Gasteiger partial charge in [-0.2, -0.15) is 0 Å². The van der Waals surface area contributed by atoms with E-state index in [1.54, 1.807) is 29.9 Å². The normalized spacial score (nSPS) is 11.2. The van der Waals surface area contributed by atoms with Crippen molar-refractivity contribution in [2.24, 2.45) is 0 Å². The number of furan rings is 1. The van der Waals surface area contributed by atoms with Crippen LogP contribution >= 0.6 is 11.3 Å². The molecule has 4 nitrogen and oxygen atoms in total. The number of aromatic nitrogens is 2. The van der Waals surface area contributed by atoms with Crippen molar-refractivity contribution >= 4 is 21.6 Å². The van der Waals surface area contributed by atoms with E-state index >= 15 is 0 Å². The number of aromatic amines is 1. The first kappa shape index (κ1) is 10.3. The fourth-order valence-corrected chi connectivity index (χ4v) is 2.82. The molecule has 0 atom stereocenters. The van der Waals surface area contributed by atoms with Crippen molar-refractivity contribution in [3.63, 3.8) is 0 Å². The fourth-order valence-electron chi connectivity index (χ4n) is 1.79. The van der Waals surface area contributed by atoms with Crippen LogP contribution in [-0.4, -0.2) is 9.97 Å². The number of nitrogens with zero attached hydrogens (tertiary/aromatic N) is 1. The van der Waals surface area contributed by atoms with Crippen LogP contribution in [0, 0.1) is 13.8 Å². The average Bonchev–Trinajstić information content (AvgIpc) is 2.88. The Bertz CT molecular complexity index is 738. The van der Waals surface area contributed by atoms with E-state index in [9.17, 15) is 4.79 Å². The predicted molar refractivity (Wildman–Crippen MR) is 67.4 cm³/mol. The first-order valence-corrected chi connectivity index (χ1v) is 6.01. The Balaban J connectivity index is 2.36. The summed E-state index contributed by atoms with van der Waals surface area (Å²) in [5.74, 6) is 0.553. The summed E-state index contributed by atoms with van der Waals surface area (Å²) in [5.41, 5.74) is 1.71. The van der Waals surface area contributed by atoms with Gasteiger partial charge in [0.1, 0.15) is 16.9 Å². The van der Waals surface area contributed by atoms with Gasteiger partial charge in [0.25, 0.3) is 5.56 Å². The SMILES string of the molecule is Cc1sc2nc(-c3ccoc3)[nH]c(=O)c2c1C. The Morgan fingerprint density at radius 3 is 2.94 bits per heavy atom. The highest BCUT2D eigenvalue weighted by Crippen LogP contribution is 2.27. The quantitative estimate of drug-likeness (QED) is 0.718. The lowest BCUT2D eigenvalue weighted by atomic mass is 10.2. The number of rotatable bonds is 1. The van der Waals surface area contributed by atoms with Crippen LogP contribution in [0.5, 0.6) is 0 Å². The standard InChI is InChI=1S/C12H10N2O2S/c1-6-7(2)17-12-9(6)11(15)13-10(14-12)8-3-4-16-5-8/h3-5H,1-2H3,(H,13,14,15). The third kappa shape index (κ3) is 1.51. The summed E-state index contributed by atoms with van der Waals surface area (Å²) in [6.45, 7) is 3.95. The summed E-state index contributed by atoms with van der Waals surface area (Å²) < 4.78 is 4.99. The molecular formula is C12H10N2O2S. The summed E-state index contributed by atoms with van der Waals surface area (Å²) in [6, 6.07) is 1.78. The second kappa shape index (κ2) is 3.56. The van der Waals surface area contributed by atoms with Crippen molar-refractivity contribution in [1.82, 2.24) is 9.97 Å². The minimum atomic E-state index is -0.0898. The highest BCUT2D eigenvalue weighted by atomic mass is 32.1. The number of nitrogens with one attached hydrogen (secondary N) is 1. The van der Waals surface area contributed by atoms with Gasteiger partial charge in [-0.1, -0.05) is 0 Å². The Labute approximate surface area is 101 Å². The van der Waals surface area contributed by atoms with Gasteiger partial charge >= 0.3 is 0 Å². The zero-order valence-corrected chi connectivity index (χ0v) is 10.2. The second-order valence-corrected chi connectivity index (χ2v) is 5.09. The van der Waals surface area contributed by atoms with E-state index in [1.807, 2.05) is 13.8 Å². The molecule has 5 heteroatoms. The molecule has 0 unspecified atom stereocenters. The van der Waals surface area contributed by atoms with E-state index in [2.05, 4.69) is 9.97 Å². The maximum atomic E-state index is 12.0. The van der Waals surface area contributed by atoms with Crippen molar-refractivity contribution in [3.8, 4) is 11.4 Å². The van der Waals surface area contributed by atoms with Gasteiger partial charge in [-0.3, -0.25) is 4.79 Å². The van der Waals surface area contributed by atoms with Crippen LogP contribution in [0.15, 0.2) is 27.8 Å². The van der Waals surface area contributed by atoms with Crippen molar-refractivity contribution in [1.29, 1.82) is 0 Å². The molecule has 3 rings (SSSR count). The van der Waals surface area contributed by atoms with Gasteiger partial charge in [0.15, 0.2) is 0 Å². The number of thiophene rings is 1. The van der Waals surface area contributed by atoms with E-state index < -0.39 is 0 Å². The molecule has 0 amide bonds. The van der Waals surface area contributed by atoms with Gasteiger partial charge < -0.3 is 9.40 Å². The van der Waals surface area contributed by atoms with Gasteiger partial charge in [-0.05, 0) is 25.5 Å². The third-order valence-corrected chi connectivity index (χ3v) is 3.93. The van der Waals surface area contributed by atoms with Gasteiger partial charge in [-0.25, -0.2) is 4.98 Å². The third-order valence-electron chi connectivity index (χ3n) is 2.83. The minimum Gasteiger partial charge on any atom is -0.472 e. The molecule has 86 valence electrons. The van der Waals surface area contributed by atoms with E-state index in [0.29, 0.717) is 11.2 Å². The maximum absolute atomic E-state index is 12.0. The highest BCUT2D eigenvalue weighted by molar-refractivity contribution is 7.18. The average molecular weight is 246 g/mol. The molecule has 0 spiro atoms. The molecule has 0 radical (unpaired) electrons. The first-order valence-electron chi connectivity index (χ1n) is 5.19. The van der Waals surface area contributed by atoms with Crippen molar-refractivity contribution in [2.75, 3.05) is 0 Å². The second-order valence-electron chi connectivity index (χ2n) is 3.89. The van der Waals surface area contributed by atoms with E-state index in [-0.39, 0.29) is 5.56 Å². The van der Waals surface area contributed by atoms with Crippen LogP contribution in [0.3, 0.4) is 0 Å². The lowest BCUT2D eigenvalue weighted by Crippen LogP contribution is -2.08. The van der Waals surface area contributed by atoms with Gasteiger partial charge in [0.2, 0.25) is 0 Å². The molecule has 0 aliphatic rings. The Hall–Kier alpha value is -1.88. The zero-order valence-electron chi connectivity index (χ0n) is 9.40. The van der Waals surface area contributed by atoms with Gasteiger partial charge in [-0.15, -0.1) is 11.3 Å². The molecule has 17 heavy (non-hydrogen) atoms. The molecule has 0 aliphatic carbocycles. The largest absolute Gasteiger partial charge is 0.472 e. The predicted octanol–water partition coefficient (Wildman–Crippen LogP) is 2.86. The first-order chi connectivity index (χ1) is 8.16. The summed E-state index contributed by atoms with van der Waals surface area (Å²) in [7, 11) is 0. The van der Waals surface area contributed by atoms with E-state index in [0.717, 1.165) is 20.8 Å². The molecule has 0 aliphatic heterocycles. The lowest BCUT2D eigenvalue weighted by molar-refractivity contribution is 0.568. The maximum Gasteiger partial charge on any atom is 0.260 e. The van der Waals surface area contributed by atoms with E-state index in [1.165, 1.54) is 0 Å². The summed E-state index contributed by atoms with van der Waals surface area (Å²) in [4.78, 5) is 21.2. The highest BCUT2D eigenvalue weighted by Gasteiger charge is 2.12. The molecule has 0 saturated heterocycles. The lowest BCUT2D eigenvalue weighted by Gasteiger charge is -1.96. The number of hydrogen-bond acceptors (Lipinski definition) is 4. The molecule has 0 aromatic carbocycles. The fraction of sp³-hybridized carbons (Fsp3) is 0.167. The molecule has 3 heterocycles. The molecule has 3 aromatic rings. The van der Waals surface area contributed by atoms with Crippen LogP contribution in [0.1, 0.15) is 10.4 Å². The number of fused-ring (bicyclic) bond motifs is 1. The topological polar surface area (TPSA) is 58.9 Å². The Kier molecular flexibility index (Phi) is 2.16. The molecule has 1 N–H and O–H groups in total. The Morgan fingerprint density at radius 2 is 2.24 bits per heavy atom. The molecule has 0 bridgehead atoms. The van der Waals surface area contributed by atoms with Crippen molar-refractivity contribution in [3.05, 3.63) is 39.4 Å².